The van der Waals surface area contributed by atoms with Crippen LogP contribution in [-0.2, 0) is 9.53 Å². The van der Waals surface area contributed by atoms with Crippen molar-refractivity contribution in [1.82, 2.24) is 16.0 Å². The lowest BCUT2D eigenvalue weighted by Crippen LogP contribution is -2.42. The first-order valence-corrected chi connectivity index (χ1v) is 8.17. The molecule has 0 unspecified atom stereocenters. The van der Waals surface area contributed by atoms with Gasteiger partial charge in [-0.25, -0.2) is 0 Å². The van der Waals surface area contributed by atoms with E-state index < -0.39 is 0 Å². The third-order valence-electron chi connectivity index (χ3n) is 3.57. The van der Waals surface area contributed by atoms with Gasteiger partial charge >= 0.3 is 0 Å². The Kier molecular flexibility index (Phi) is 9.77. The number of hydrogen-bond donors (Lipinski definition) is 3. The molecule has 0 spiro atoms. The number of guanidine groups is 1. The molecular formula is C15H29IN4O2. The number of hydrogen-bond acceptors (Lipinski definition) is 3. The van der Waals surface area contributed by atoms with Crippen LogP contribution >= 0.6 is 24.0 Å². The molecule has 2 saturated carbocycles. The van der Waals surface area contributed by atoms with E-state index in [0.717, 1.165) is 37.9 Å². The van der Waals surface area contributed by atoms with Crippen LogP contribution in [-0.4, -0.2) is 51.3 Å². The molecule has 2 aliphatic rings. The molecule has 0 aliphatic heterocycles. The fraction of sp³-hybridized carbons (Fsp3) is 0.867. The average Bonchev–Trinajstić information content (AvgIpc) is 3.36. The molecule has 0 aromatic rings. The number of amides is 1. The summed E-state index contributed by atoms with van der Waals surface area (Å²) in [7, 11) is 0. The molecule has 2 rings (SSSR count). The molecule has 0 aromatic heterocycles. The van der Waals surface area contributed by atoms with Gasteiger partial charge in [0.15, 0.2) is 5.96 Å². The summed E-state index contributed by atoms with van der Waals surface area (Å²) in [6.07, 6.45) is 4.73. The summed E-state index contributed by atoms with van der Waals surface area (Å²) in [6, 6.07) is 0. The second-order valence-corrected chi connectivity index (χ2v) is 5.77. The first-order chi connectivity index (χ1) is 10.3. The fourth-order valence-corrected chi connectivity index (χ4v) is 1.95. The van der Waals surface area contributed by atoms with Crippen LogP contribution in [0.1, 0.15) is 32.6 Å². The van der Waals surface area contributed by atoms with Crippen molar-refractivity contribution in [2.24, 2.45) is 16.8 Å². The van der Waals surface area contributed by atoms with Crippen molar-refractivity contribution in [2.75, 3.05) is 39.4 Å². The minimum atomic E-state index is 0. The maximum Gasteiger partial charge on any atom is 0.223 e. The molecule has 128 valence electrons. The van der Waals surface area contributed by atoms with Crippen LogP contribution in [0.3, 0.4) is 0 Å². The average molecular weight is 424 g/mol. The number of aliphatic imine (C=N–C) groups is 1. The normalized spacial score (nSPS) is 17.6. The van der Waals surface area contributed by atoms with Gasteiger partial charge in [-0.2, -0.15) is 0 Å². The monoisotopic (exact) mass is 424 g/mol. The van der Waals surface area contributed by atoms with Crippen LogP contribution in [0.4, 0.5) is 0 Å². The second kappa shape index (κ2) is 11.0. The van der Waals surface area contributed by atoms with E-state index in [1.54, 1.807) is 0 Å². The second-order valence-electron chi connectivity index (χ2n) is 5.77. The largest absolute Gasteiger partial charge is 0.379 e. The Morgan fingerprint density at radius 1 is 1.14 bits per heavy atom. The van der Waals surface area contributed by atoms with Crippen molar-refractivity contribution in [2.45, 2.75) is 32.6 Å². The third kappa shape index (κ3) is 8.77. The zero-order valence-electron chi connectivity index (χ0n) is 13.4. The van der Waals surface area contributed by atoms with Crippen molar-refractivity contribution >= 4 is 35.8 Å². The highest BCUT2D eigenvalue weighted by molar-refractivity contribution is 14.0. The Labute approximate surface area is 150 Å². The van der Waals surface area contributed by atoms with Crippen molar-refractivity contribution in [3.63, 3.8) is 0 Å². The molecule has 6 nitrogen and oxygen atoms in total. The zero-order chi connectivity index (χ0) is 14.9. The number of ether oxygens (including phenoxy) is 1. The van der Waals surface area contributed by atoms with Gasteiger partial charge in [0.2, 0.25) is 5.91 Å². The molecule has 0 aromatic carbocycles. The Morgan fingerprint density at radius 3 is 2.50 bits per heavy atom. The molecule has 2 fully saturated rings. The summed E-state index contributed by atoms with van der Waals surface area (Å²) in [6.45, 7) is 6.40. The number of halogens is 1. The van der Waals surface area contributed by atoms with Crippen LogP contribution in [0.5, 0.6) is 0 Å². The number of carbonyl (C=O) groups excluding carboxylic acids is 1. The highest BCUT2D eigenvalue weighted by atomic mass is 127. The van der Waals surface area contributed by atoms with E-state index in [0.29, 0.717) is 26.2 Å². The zero-order valence-corrected chi connectivity index (χ0v) is 15.7. The van der Waals surface area contributed by atoms with E-state index in [1.165, 1.54) is 12.8 Å². The molecule has 0 saturated heterocycles. The first kappa shape index (κ1) is 19.5. The smallest absolute Gasteiger partial charge is 0.223 e. The topological polar surface area (TPSA) is 74.8 Å². The van der Waals surface area contributed by atoms with Gasteiger partial charge < -0.3 is 20.7 Å². The summed E-state index contributed by atoms with van der Waals surface area (Å²) in [4.78, 5) is 15.9. The van der Waals surface area contributed by atoms with Crippen molar-refractivity contribution in [3.05, 3.63) is 0 Å². The van der Waals surface area contributed by atoms with Crippen LogP contribution in [0.2, 0.25) is 0 Å². The molecular weight excluding hydrogens is 395 g/mol. The maximum absolute atomic E-state index is 11.5. The number of carbonyl (C=O) groups is 1. The van der Waals surface area contributed by atoms with E-state index in [1.807, 2.05) is 6.92 Å². The quantitative estimate of drug-likeness (QED) is 0.213. The maximum atomic E-state index is 11.5. The Balaban J connectivity index is 0.00000242. The van der Waals surface area contributed by atoms with Crippen molar-refractivity contribution in [1.29, 1.82) is 0 Å². The third-order valence-corrected chi connectivity index (χ3v) is 3.57. The summed E-state index contributed by atoms with van der Waals surface area (Å²) >= 11 is 0. The molecule has 0 bridgehead atoms. The fourth-order valence-electron chi connectivity index (χ4n) is 1.95. The first-order valence-electron chi connectivity index (χ1n) is 8.17. The van der Waals surface area contributed by atoms with Crippen LogP contribution in [0.15, 0.2) is 4.99 Å². The van der Waals surface area contributed by atoms with Crippen molar-refractivity contribution in [3.8, 4) is 0 Å². The minimum absolute atomic E-state index is 0. The summed E-state index contributed by atoms with van der Waals surface area (Å²) in [5.74, 6) is 2.05. The predicted molar refractivity (Wildman–Crippen MR) is 98.7 cm³/mol. The van der Waals surface area contributed by atoms with Gasteiger partial charge in [0.05, 0.1) is 13.2 Å². The van der Waals surface area contributed by atoms with E-state index in [-0.39, 0.29) is 35.8 Å². The number of rotatable bonds is 10. The van der Waals surface area contributed by atoms with Gasteiger partial charge in [-0.05, 0) is 38.5 Å². The number of nitrogens with zero attached hydrogens (tertiary/aromatic N) is 1. The van der Waals surface area contributed by atoms with Gasteiger partial charge in [0.1, 0.15) is 0 Å². The van der Waals surface area contributed by atoms with E-state index >= 15 is 0 Å². The van der Waals surface area contributed by atoms with Crippen LogP contribution < -0.4 is 16.0 Å². The lowest BCUT2D eigenvalue weighted by Gasteiger charge is -2.11. The molecule has 0 heterocycles. The van der Waals surface area contributed by atoms with E-state index in [2.05, 4.69) is 20.9 Å². The summed E-state index contributed by atoms with van der Waals surface area (Å²) < 4.78 is 5.56. The summed E-state index contributed by atoms with van der Waals surface area (Å²) in [5, 5.41) is 9.33. The Bertz CT molecular complexity index is 357. The van der Waals surface area contributed by atoms with Crippen molar-refractivity contribution < 1.29 is 9.53 Å². The molecule has 7 heteroatoms. The van der Waals surface area contributed by atoms with E-state index in [9.17, 15) is 4.79 Å². The molecule has 1 amide bonds. The molecule has 0 radical (unpaired) electrons. The predicted octanol–water partition coefficient (Wildman–Crippen LogP) is 1.11. The SMILES string of the molecule is CCNC(=NCCOCC1CC1)NCCNC(=O)C1CC1.I. The van der Waals surface area contributed by atoms with Gasteiger partial charge in [0.25, 0.3) is 0 Å². The highest BCUT2D eigenvalue weighted by Gasteiger charge is 2.28. The van der Waals surface area contributed by atoms with Gasteiger partial charge in [0, 0.05) is 32.2 Å². The van der Waals surface area contributed by atoms with Crippen LogP contribution in [0, 0.1) is 11.8 Å². The minimum Gasteiger partial charge on any atom is -0.379 e. The lowest BCUT2D eigenvalue weighted by atomic mass is 10.4. The van der Waals surface area contributed by atoms with E-state index in [4.69, 9.17) is 4.74 Å². The highest BCUT2D eigenvalue weighted by Crippen LogP contribution is 2.29. The van der Waals surface area contributed by atoms with Crippen LogP contribution in [0.25, 0.3) is 0 Å². The molecule has 3 N–H and O–H groups in total. The Morgan fingerprint density at radius 2 is 1.86 bits per heavy atom. The lowest BCUT2D eigenvalue weighted by molar-refractivity contribution is -0.122. The van der Waals surface area contributed by atoms with Gasteiger partial charge in [-0.1, -0.05) is 0 Å². The summed E-state index contributed by atoms with van der Waals surface area (Å²) in [5.41, 5.74) is 0. The standard InChI is InChI=1S/C15H28N4O2.HI/c1-2-16-15(19-9-10-21-11-12-3-4-12)18-8-7-17-14(20)13-5-6-13;/h12-13H,2-11H2,1H3,(H,17,20)(H2,16,18,19);1H. The molecule has 22 heavy (non-hydrogen) atoms. The number of nitrogens with one attached hydrogen (secondary N) is 3. The van der Waals surface area contributed by atoms with Gasteiger partial charge in [-0.3, -0.25) is 9.79 Å². The Hall–Kier alpha value is -0.570. The molecule has 0 atom stereocenters. The molecule has 2 aliphatic carbocycles. The van der Waals surface area contributed by atoms with Gasteiger partial charge in [-0.15, -0.1) is 24.0 Å².